The Balaban J connectivity index is 1.64. The van der Waals surface area contributed by atoms with Crippen molar-refractivity contribution in [2.45, 2.75) is 136 Å². The van der Waals surface area contributed by atoms with E-state index < -0.39 is 5.97 Å². The van der Waals surface area contributed by atoms with Crippen LogP contribution in [-0.2, 0) is 4.79 Å². The SMILES string of the molecule is CCCCCCCCC1CCC2NC(N(CC(=O)O)CC(C)C)CC(C3CCC(C)CC3)C2C1. The van der Waals surface area contributed by atoms with Gasteiger partial charge in [0, 0.05) is 12.6 Å². The predicted molar refractivity (Wildman–Crippen MR) is 143 cm³/mol. The lowest BCUT2D eigenvalue weighted by Crippen LogP contribution is -2.61. The fraction of sp³-hybridized carbons (Fsp3) is 0.967. The summed E-state index contributed by atoms with van der Waals surface area (Å²) in [5.41, 5.74) is 0. The lowest BCUT2D eigenvalue weighted by Gasteiger charge is -2.53. The molecule has 2 saturated carbocycles. The van der Waals surface area contributed by atoms with Crippen LogP contribution in [0.5, 0.6) is 0 Å². The van der Waals surface area contributed by atoms with Crippen LogP contribution in [0.25, 0.3) is 0 Å². The van der Waals surface area contributed by atoms with Gasteiger partial charge in [-0.2, -0.15) is 0 Å². The van der Waals surface area contributed by atoms with Gasteiger partial charge < -0.3 is 5.11 Å². The van der Waals surface area contributed by atoms with Crippen molar-refractivity contribution < 1.29 is 9.90 Å². The largest absolute Gasteiger partial charge is 0.480 e. The average molecular weight is 477 g/mol. The van der Waals surface area contributed by atoms with E-state index in [2.05, 4.69) is 37.9 Å². The second-order valence-electron chi connectivity index (χ2n) is 12.8. The number of carboxylic acids is 1. The fourth-order valence-corrected chi connectivity index (χ4v) is 7.66. The summed E-state index contributed by atoms with van der Waals surface area (Å²) < 4.78 is 0. The zero-order valence-electron chi connectivity index (χ0n) is 22.9. The minimum Gasteiger partial charge on any atom is -0.480 e. The van der Waals surface area contributed by atoms with Gasteiger partial charge in [0.1, 0.15) is 0 Å². The lowest BCUT2D eigenvalue weighted by atomic mass is 9.61. The molecule has 198 valence electrons. The van der Waals surface area contributed by atoms with Crippen LogP contribution in [0, 0.1) is 35.5 Å². The number of carbonyl (C=O) groups is 1. The molecule has 0 amide bonds. The van der Waals surface area contributed by atoms with Crippen LogP contribution >= 0.6 is 0 Å². The van der Waals surface area contributed by atoms with Gasteiger partial charge >= 0.3 is 5.97 Å². The van der Waals surface area contributed by atoms with Gasteiger partial charge in [-0.25, -0.2) is 0 Å². The summed E-state index contributed by atoms with van der Waals surface area (Å²) in [6.07, 6.45) is 20.9. The highest BCUT2D eigenvalue weighted by Crippen LogP contribution is 2.47. The highest BCUT2D eigenvalue weighted by atomic mass is 16.4. The predicted octanol–water partition coefficient (Wildman–Crippen LogP) is 7.33. The molecule has 0 bridgehead atoms. The number of aliphatic carboxylic acids is 1. The van der Waals surface area contributed by atoms with E-state index in [4.69, 9.17) is 0 Å². The van der Waals surface area contributed by atoms with Crippen LogP contribution in [0.4, 0.5) is 0 Å². The summed E-state index contributed by atoms with van der Waals surface area (Å²) >= 11 is 0. The second kappa shape index (κ2) is 14.2. The first-order valence-corrected chi connectivity index (χ1v) is 15.1. The normalized spacial score (nSPS) is 34.4. The van der Waals surface area contributed by atoms with Crippen molar-refractivity contribution in [1.82, 2.24) is 10.2 Å². The van der Waals surface area contributed by atoms with Crippen molar-refractivity contribution in [2.24, 2.45) is 35.5 Å². The highest BCUT2D eigenvalue weighted by molar-refractivity contribution is 5.69. The van der Waals surface area contributed by atoms with Crippen LogP contribution in [0.2, 0.25) is 0 Å². The monoisotopic (exact) mass is 476 g/mol. The maximum absolute atomic E-state index is 11.7. The van der Waals surface area contributed by atoms with Crippen LogP contribution < -0.4 is 5.32 Å². The summed E-state index contributed by atoms with van der Waals surface area (Å²) in [5.74, 6) is 4.05. The Morgan fingerprint density at radius 1 is 0.941 bits per heavy atom. The van der Waals surface area contributed by atoms with E-state index in [0.29, 0.717) is 12.0 Å². The van der Waals surface area contributed by atoms with Gasteiger partial charge in [-0.05, 0) is 74.0 Å². The minimum atomic E-state index is -0.685. The molecule has 1 aliphatic heterocycles. The molecule has 1 heterocycles. The first-order valence-electron chi connectivity index (χ1n) is 15.1. The molecule has 5 atom stereocenters. The van der Waals surface area contributed by atoms with E-state index in [1.54, 1.807) is 0 Å². The summed E-state index contributed by atoms with van der Waals surface area (Å²) in [5, 5.41) is 13.6. The van der Waals surface area contributed by atoms with Gasteiger partial charge in [-0.1, -0.05) is 85.5 Å². The molecule has 3 fully saturated rings. The highest BCUT2D eigenvalue weighted by Gasteiger charge is 2.45. The standard InChI is InChI=1S/C30H56N2O2/c1-5-6-7-8-9-10-11-24-14-17-28-27(18-24)26(25-15-12-23(4)13-16-25)19-29(31-28)32(20-22(2)3)21-30(33)34/h22-29,31H,5-21H2,1-4H3,(H,33,34). The summed E-state index contributed by atoms with van der Waals surface area (Å²) in [6.45, 7) is 10.2. The summed E-state index contributed by atoms with van der Waals surface area (Å²) in [6, 6.07) is 0.590. The topological polar surface area (TPSA) is 52.6 Å². The molecular weight excluding hydrogens is 420 g/mol. The molecule has 4 heteroatoms. The van der Waals surface area contributed by atoms with E-state index >= 15 is 0 Å². The van der Waals surface area contributed by atoms with E-state index in [9.17, 15) is 9.90 Å². The van der Waals surface area contributed by atoms with Gasteiger partial charge in [0.2, 0.25) is 0 Å². The van der Waals surface area contributed by atoms with Gasteiger partial charge in [-0.15, -0.1) is 0 Å². The van der Waals surface area contributed by atoms with Crippen molar-refractivity contribution in [3.05, 3.63) is 0 Å². The third-order valence-corrected chi connectivity index (χ3v) is 9.47. The zero-order chi connectivity index (χ0) is 24.5. The van der Waals surface area contributed by atoms with Crippen molar-refractivity contribution in [3.63, 3.8) is 0 Å². The molecule has 0 radical (unpaired) electrons. The van der Waals surface area contributed by atoms with Gasteiger partial charge in [0.25, 0.3) is 0 Å². The first-order chi connectivity index (χ1) is 16.4. The molecule has 4 nitrogen and oxygen atoms in total. The number of carboxylic acid groups (broad SMARTS) is 1. The fourth-order valence-electron chi connectivity index (χ4n) is 7.66. The van der Waals surface area contributed by atoms with Crippen molar-refractivity contribution in [3.8, 4) is 0 Å². The van der Waals surface area contributed by atoms with Crippen LogP contribution in [-0.4, -0.2) is 41.3 Å². The Bertz CT molecular complexity index is 586. The van der Waals surface area contributed by atoms with Gasteiger partial charge in [0.15, 0.2) is 0 Å². The second-order valence-corrected chi connectivity index (χ2v) is 12.8. The number of nitrogens with zero attached hydrogens (tertiary/aromatic N) is 1. The first kappa shape index (κ1) is 28.0. The zero-order valence-corrected chi connectivity index (χ0v) is 22.9. The molecule has 2 aliphatic carbocycles. The van der Waals surface area contributed by atoms with Gasteiger partial charge in [-0.3, -0.25) is 15.0 Å². The van der Waals surface area contributed by atoms with Crippen LogP contribution in [0.1, 0.15) is 124 Å². The molecule has 3 aliphatic rings. The van der Waals surface area contributed by atoms with E-state index in [1.165, 1.54) is 89.9 Å². The van der Waals surface area contributed by atoms with Gasteiger partial charge in [0.05, 0.1) is 12.7 Å². The summed E-state index contributed by atoms with van der Waals surface area (Å²) in [4.78, 5) is 13.9. The Morgan fingerprint density at radius 3 is 2.32 bits per heavy atom. The number of hydrogen-bond donors (Lipinski definition) is 2. The average Bonchev–Trinajstić information content (AvgIpc) is 2.80. The van der Waals surface area contributed by atoms with Crippen molar-refractivity contribution in [1.29, 1.82) is 0 Å². The van der Waals surface area contributed by atoms with Crippen LogP contribution in [0.15, 0.2) is 0 Å². The lowest BCUT2D eigenvalue weighted by molar-refractivity contribution is -0.140. The Hall–Kier alpha value is -0.610. The molecule has 34 heavy (non-hydrogen) atoms. The molecular formula is C30H56N2O2. The Labute approximate surface area is 211 Å². The maximum atomic E-state index is 11.7. The van der Waals surface area contributed by atoms with E-state index in [1.807, 2.05) is 0 Å². The molecule has 3 rings (SSSR count). The van der Waals surface area contributed by atoms with E-state index in [-0.39, 0.29) is 12.7 Å². The molecule has 0 aromatic carbocycles. The Kier molecular flexibility index (Phi) is 11.7. The number of nitrogens with one attached hydrogen (secondary N) is 1. The number of rotatable bonds is 13. The van der Waals surface area contributed by atoms with Crippen molar-refractivity contribution in [2.75, 3.05) is 13.1 Å². The third kappa shape index (κ3) is 8.50. The maximum Gasteiger partial charge on any atom is 0.317 e. The summed E-state index contributed by atoms with van der Waals surface area (Å²) in [7, 11) is 0. The number of fused-ring (bicyclic) bond motifs is 1. The smallest absolute Gasteiger partial charge is 0.317 e. The minimum absolute atomic E-state index is 0.169. The third-order valence-electron chi connectivity index (χ3n) is 9.47. The molecule has 0 aromatic heterocycles. The number of unbranched alkanes of at least 4 members (excludes halogenated alkanes) is 5. The Morgan fingerprint density at radius 2 is 1.65 bits per heavy atom. The van der Waals surface area contributed by atoms with Crippen molar-refractivity contribution >= 4 is 5.97 Å². The quantitative estimate of drug-likeness (QED) is 0.273. The molecule has 0 spiro atoms. The van der Waals surface area contributed by atoms with Crippen LogP contribution in [0.3, 0.4) is 0 Å². The van der Waals surface area contributed by atoms with E-state index in [0.717, 1.165) is 42.6 Å². The molecule has 1 saturated heterocycles. The number of piperidine rings is 1. The molecule has 2 N–H and O–H groups in total. The molecule has 5 unspecified atom stereocenters. The number of hydrogen-bond acceptors (Lipinski definition) is 3. The molecule has 0 aromatic rings.